The Morgan fingerprint density at radius 1 is 1.53 bits per heavy atom. The summed E-state index contributed by atoms with van der Waals surface area (Å²) in [6.45, 7) is 5.69. The molecule has 1 fully saturated rings. The molecule has 1 N–H and O–H groups in total. The Labute approximate surface area is 91.9 Å². The van der Waals surface area contributed by atoms with Gasteiger partial charge in [-0.25, -0.2) is 0 Å². The molecule has 1 heterocycles. The molecule has 0 amide bonds. The summed E-state index contributed by atoms with van der Waals surface area (Å²) in [7, 11) is 2.02. The topological polar surface area (TPSA) is 29.9 Å². The van der Waals surface area contributed by atoms with E-state index < -0.39 is 0 Å². The molecule has 1 aliphatic rings. The zero-order chi connectivity index (χ0) is 10.9. The van der Waals surface area contributed by atoms with Crippen LogP contribution in [0, 0.1) is 0 Å². The van der Waals surface area contributed by atoms with Gasteiger partial charge in [-0.1, -0.05) is 13.8 Å². The van der Waals surface area contributed by atoms with Crippen molar-refractivity contribution in [3.05, 3.63) is 18.0 Å². The Morgan fingerprint density at radius 3 is 2.80 bits per heavy atom. The van der Waals surface area contributed by atoms with Crippen LogP contribution >= 0.6 is 0 Å². The van der Waals surface area contributed by atoms with Gasteiger partial charge in [-0.2, -0.15) is 5.10 Å². The molecule has 84 valence electrons. The number of aryl methyl sites for hydroxylation is 1. The maximum atomic E-state index is 4.23. The van der Waals surface area contributed by atoms with E-state index in [1.54, 1.807) is 0 Å². The number of aromatic nitrogens is 2. The predicted molar refractivity (Wildman–Crippen MR) is 61.9 cm³/mol. The Morgan fingerprint density at radius 2 is 2.27 bits per heavy atom. The number of nitrogens with zero attached hydrogens (tertiary/aromatic N) is 2. The summed E-state index contributed by atoms with van der Waals surface area (Å²) in [6.07, 6.45) is 5.78. The van der Waals surface area contributed by atoms with Gasteiger partial charge in [-0.15, -0.1) is 0 Å². The molecular weight excluding hydrogens is 186 g/mol. The lowest BCUT2D eigenvalue weighted by Gasteiger charge is -2.25. The molecule has 0 unspecified atom stereocenters. The zero-order valence-corrected chi connectivity index (χ0v) is 9.95. The minimum absolute atomic E-state index is 0.215. The van der Waals surface area contributed by atoms with Crippen LogP contribution in [0.4, 0.5) is 0 Å². The van der Waals surface area contributed by atoms with Crippen LogP contribution < -0.4 is 5.32 Å². The fourth-order valence-corrected chi connectivity index (χ4v) is 2.04. The lowest BCUT2D eigenvalue weighted by molar-refractivity contribution is 0.425. The molecule has 0 aliphatic heterocycles. The molecule has 1 aromatic rings. The molecule has 0 radical (unpaired) electrons. The highest BCUT2D eigenvalue weighted by Gasteiger charge is 2.25. The van der Waals surface area contributed by atoms with Crippen LogP contribution in [0.3, 0.4) is 0 Å². The van der Waals surface area contributed by atoms with Crippen LogP contribution in [0.15, 0.2) is 12.3 Å². The van der Waals surface area contributed by atoms with Crippen LogP contribution in [0.25, 0.3) is 0 Å². The number of rotatable bonds is 5. The second-order valence-corrected chi connectivity index (χ2v) is 5.20. The van der Waals surface area contributed by atoms with Gasteiger partial charge >= 0.3 is 0 Å². The summed E-state index contributed by atoms with van der Waals surface area (Å²) >= 11 is 0. The van der Waals surface area contributed by atoms with E-state index >= 15 is 0 Å². The van der Waals surface area contributed by atoms with Crippen LogP contribution in [-0.2, 0) is 12.5 Å². The first-order valence-corrected chi connectivity index (χ1v) is 5.81. The third-order valence-corrected chi connectivity index (χ3v) is 3.27. The SMILES string of the molecule is Cn1nccc1C(C)(C)CCNC1CC1. The van der Waals surface area contributed by atoms with Crippen molar-refractivity contribution in [2.45, 2.75) is 44.6 Å². The van der Waals surface area contributed by atoms with Crippen molar-refractivity contribution in [1.82, 2.24) is 15.1 Å². The first kappa shape index (κ1) is 10.7. The van der Waals surface area contributed by atoms with Gasteiger partial charge < -0.3 is 5.32 Å². The van der Waals surface area contributed by atoms with Crippen LogP contribution in [-0.4, -0.2) is 22.4 Å². The molecule has 1 aliphatic carbocycles. The molecule has 1 saturated carbocycles. The molecule has 0 aromatic carbocycles. The summed E-state index contributed by atoms with van der Waals surface area (Å²) < 4.78 is 1.98. The Bertz CT molecular complexity index is 323. The summed E-state index contributed by atoms with van der Waals surface area (Å²) in [5, 5.41) is 7.80. The number of nitrogens with one attached hydrogen (secondary N) is 1. The predicted octanol–water partition coefficient (Wildman–Crippen LogP) is 1.84. The van der Waals surface area contributed by atoms with Gasteiger partial charge in [0.1, 0.15) is 0 Å². The van der Waals surface area contributed by atoms with Gasteiger partial charge in [0.2, 0.25) is 0 Å². The molecule has 15 heavy (non-hydrogen) atoms. The normalized spacial score (nSPS) is 17.0. The number of hydrogen-bond donors (Lipinski definition) is 1. The molecule has 3 nitrogen and oxygen atoms in total. The van der Waals surface area contributed by atoms with Crippen molar-refractivity contribution < 1.29 is 0 Å². The maximum Gasteiger partial charge on any atom is 0.0492 e. The van der Waals surface area contributed by atoms with E-state index in [9.17, 15) is 0 Å². The number of hydrogen-bond acceptors (Lipinski definition) is 2. The minimum atomic E-state index is 0.215. The van der Waals surface area contributed by atoms with Gasteiger partial charge in [-0.05, 0) is 31.9 Å². The summed E-state index contributed by atoms with van der Waals surface area (Å²) in [4.78, 5) is 0. The lowest BCUT2D eigenvalue weighted by atomic mass is 9.85. The van der Waals surface area contributed by atoms with Gasteiger partial charge in [0.25, 0.3) is 0 Å². The summed E-state index contributed by atoms with van der Waals surface area (Å²) in [6, 6.07) is 2.93. The first-order chi connectivity index (χ1) is 7.09. The van der Waals surface area contributed by atoms with Gasteiger partial charge in [-0.3, -0.25) is 4.68 Å². The lowest BCUT2D eigenvalue weighted by Crippen LogP contribution is -2.28. The van der Waals surface area contributed by atoms with Gasteiger partial charge in [0.15, 0.2) is 0 Å². The van der Waals surface area contributed by atoms with Crippen LogP contribution in [0.1, 0.15) is 38.8 Å². The van der Waals surface area contributed by atoms with Crippen molar-refractivity contribution in [3.8, 4) is 0 Å². The Kier molecular flexibility index (Phi) is 2.83. The highest BCUT2D eigenvalue weighted by Crippen LogP contribution is 2.26. The highest BCUT2D eigenvalue weighted by molar-refractivity contribution is 5.13. The average molecular weight is 207 g/mol. The van der Waals surface area contributed by atoms with E-state index in [-0.39, 0.29) is 5.41 Å². The third-order valence-electron chi connectivity index (χ3n) is 3.27. The fraction of sp³-hybridized carbons (Fsp3) is 0.750. The molecule has 1 aromatic heterocycles. The van der Waals surface area contributed by atoms with Gasteiger partial charge in [0.05, 0.1) is 0 Å². The molecular formula is C12H21N3. The van der Waals surface area contributed by atoms with Gasteiger partial charge in [0, 0.05) is 30.4 Å². The van der Waals surface area contributed by atoms with Crippen molar-refractivity contribution in [1.29, 1.82) is 0 Å². The Balaban J connectivity index is 1.90. The highest BCUT2D eigenvalue weighted by atomic mass is 15.3. The standard InChI is InChI=1S/C12H21N3/c1-12(2,7-9-13-10-4-5-10)11-6-8-14-15(11)3/h6,8,10,13H,4-5,7,9H2,1-3H3. The van der Waals surface area contributed by atoms with E-state index in [1.807, 2.05) is 17.9 Å². The van der Waals surface area contributed by atoms with Crippen molar-refractivity contribution >= 4 is 0 Å². The largest absolute Gasteiger partial charge is 0.314 e. The third kappa shape index (κ3) is 2.59. The quantitative estimate of drug-likeness (QED) is 0.798. The van der Waals surface area contributed by atoms with Crippen LogP contribution in [0.5, 0.6) is 0 Å². The fourth-order valence-electron chi connectivity index (χ4n) is 2.04. The van der Waals surface area contributed by atoms with E-state index in [4.69, 9.17) is 0 Å². The van der Waals surface area contributed by atoms with Crippen molar-refractivity contribution in [2.75, 3.05) is 6.54 Å². The zero-order valence-electron chi connectivity index (χ0n) is 9.95. The average Bonchev–Trinajstić information content (AvgIpc) is 2.86. The molecule has 0 atom stereocenters. The molecule has 0 spiro atoms. The molecule has 0 saturated heterocycles. The molecule has 2 rings (SSSR count). The summed E-state index contributed by atoms with van der Waals surface area (Å²) in [5.74, 6) is 0. The molecule has 0 bridgehead atoms. The Hall–Kier alpha value is -0.830. The van der Waals surface area contributed by atoms with E-state index in [1.165, 1.54) is 25.0 Å². The monoisotopic (exact) mass is 207 g/mol. The molecule has 3 heteroatoms. The second kappa shape index (κ2) is 3.97. The first-order valence-electron chi connectivity index (χ1n) is 5.81. The van der Waals surface area contributed by atoms with E-state index in [0.29, 0.717) is 0 Å². The van der Waals surface area contributed by atoms with E-state index in [2.05, 4.69) is 30.3 Å². The smallest absolute Gasteiger partial charge is 0.0492 e. The summed E-state index contributed by atoms with van der Waals surface area (Å²) in [5.41, 5.74) is 1.53. The van der Waals surface area contributed by atoms with E-state index in [0.717, 1.165) is 12.6 Å². The maximum absolute atomic E-state index is 4.23. The van der Waals surface area contributed by atoms with Crippen molar-refractivity contribution in [3.63, 3.8) is 0 Å². The van der Waals surface area contributed by atoms with Crippen molar-refractivity contribution in [2.24, 2.45) is 7.05 Å². The van der Waals surface area contributed by atoms with Crippen LogP contribution in [0.2, 0.25) is 0 Å². The minimum Gasteiger partial charge on any atom is -0.314 e. The second-order valence-electron chi connectivity index (χ2n) is 5.20.